The topological polar surface area (TPSA) is 20.7 Å². The van der Waals surface area contributed by atoms with E-state index in [0.717, 1.165) is 0 Å². The van der Waals surface area contributed by atoms with Crippen molar-refractivity contribution in [2.75, 3.05) is 6.26 Å². The first-order valence-electron chi connectivity index (χ1n) is 13.6. The Morgan fingerprint density at radius 3 is 2.10 bits per heavy atom. The van der Waals surface area contributed by atoms with Crippen molar-refractivity contribution in [3.8, 4) is 27.9 Å². The summed E-state index contributed by atoms with van der Waals surface area (Å²) in [5.41, 5.74) is 10.9. The van der Waals surface area contributed by atoms with Gasteiger partial charge in [0.05, 0.1) is 16.7 Å². The van der Waals surface area contributed by atoms with E-state index in [9.17, 15) is 0 Å². The first-order chi connectivity index (χ1) is 19.8. The third kappa shape index (κ3) is 3.52. The van der Waals surface area contributed by atoms with E-state index >= 15 is 0 Å². The second-order valence-electron chi connectivity index (χ2n) is 10.2. The quantitative estimate of drug-likeness (QED) is 0.224. The van der Waals surface area contributed by atoms with Crippen LogP contribution in [0.4, 0.5) is 0 Å². The van der Waals surface area contributed by atoms with Gasteiger partial charge in [0.25, 0.3) is 0 Å². The minimum absolute atomic E-state index is 1.17. The molecule has 8 rings (SSSR count). The smallest absolute Gasteiger partial charge is 0.0552 e. The first kappa shape index (κ1) is 23.2. The molecule has 2 heterocycles. The highest BCUT2D eigenvalue weighted by Crippen LogP contribution is 2.42. The summed E-state index contributed by atoms with van der Waals surface area (Å²) in [6, 6.07) is 48.4. The van der Waals surface area contributed by atoms with Gasteiger partial charge in [-0.25, -0.2) is 0 Å². The normalized spacial score (nSPS) is 11.7. The van der Waals surface area contributed by atoms with Crippen molar-refractivity contribution < 1.29 is 0 Å². The SMILES string of the molecule is CSc1cc2c(cc1-c1ccc3[nH]c4ccccc4c3c1)c1ccccc1n2-c1ccccc1-c1ccccc1. The van der Waals surface area contributed by atoms with E-state index < -0.39 is 0 Å². The van der Waals surface area contributed by atoms with Crippen LogP contribution in [-0.4, -0.2) is 15.8 Å². The van der Waals surface area contributed by atoms with Gasteiger partial charge in [0.2, 0.25) is 0 Å². The Hall–Kier alpha value is -4.73. The van der Waals surface area contributed by atoms with Gasteiger partial charge in [-0.15, -0.1) is 11.8 Å². The lowest BCUT2D eigenvalue weighted by atomic mass is 10.00. The fourth-order valence-corrected chi connectivity index (χ4v) is 6.82. The second-order valence-corrected chi connectivity index (χ2v) is 11.1. The van der Waals surface area contributed by atoms with Crippen LogP contribution in [0.5, 0.6) is 0 Å². The van der Waals surface area contributed by atoms with Crippen molar-refractivity contribution >= 4 is 55.4 Å². The highest BCUT2D eigenvalue weighted by Gasteiger charge is 2.18. The zero-order valence-electron chi connectivity index (χ0n) is 22.1. The Morgan fingerprint density at radius 1 is 0.500 bits per heavy atom. The van der Waals surface area contributed by atoms with E-state index in [0.29, 0.717) is 0 Å². The highest BCUT2D eigenvalue weighted by atomic mass is 32.2. The zero-order chi connectivity index (χ0) is 26.6. The maximum absolute atomic E-state index is 3.57. The minimum Gasteiger partial charge on any atom is -0.355 e. The standard InChI is InChI=1S/C37H26N2S/c1-40-37-23-36-31(22-29(37)25-19-20-33-30(21-25)27-14-5-8-16-32(27)38-33)28-15-7-10-18-35(28)39(36)34-17-9-6-13-26(34)24-11-3-2-4-12-24/h2-23,38H,1H3. The largest absolute Gasteiger partial charge is 0.355 e. The molecule has 0 amide bonds. The lowest BCUT2D eigenvalue weighted by Crippen LogP contribution is -1.97. The average Bonchev–Trinajstić information content (AvgIpc) is 3.55. The van der Waals surface area contributed by atoms with Gasteiger partial charge in [0, 0.05) is 43.0 Å². The van der Waals surface area contributed by atoms with Crippen LogP contribution < -0.4 is 0 Å². The Kier molecular flexibility index (Phi) is 5.32. The van der Waals surface area contributed by atoms with Crippen molar-refractivity contribution in [3.63, 3.8) is 0 Å². The molecule has 0 aliphatic carbocycles. The molecule has 0 bridgehead atoms. The number of aromatic nitrogens is 2. The summed E-state index contributed by atoms with van der Waals surface area (Å²) in [4.78, 5) is 4.84. The van der Waals surface area contributed by atoms with Crippen LogP contribution in [0.1, 0.15) is 0 Å². The van der Waals surface area contributed by atoms with Crippen molar-refractivity contribution in [3.05, 3.63) is 133 Å². The van der Waals surface area contributed by atoms with E-state index in [1.54, 1.807) is 0 Å². The molecule has 6 aromatic carbocycles. The summed E-state index contributed by atoms with van der Waals surface area (Å²) in [5, 5.41) is 5.06. The molecule has 0 saturated carbocycles. The monoisotopic (exact) mass is 530 g/mol. The lowest BCUT2D eigenvalue weighted by Gasteiger charge is -2.15. The van der Waals surface area contributed by atoms with Crippen LogP contribution in [0.25, 0.3) is 71.6 Å². The van der Waals surface area contributed by atoms with Gasteiger partial charge in [-0.1, -0.05) is 91.0 Å². The Labute approximate surface area is 236 Å². The van der Waals surface area contributed by atoms with E-state index in [-0.39, 0.29) is 0 Å². The zero-order valence-corrected chi connectivity index (χ0v) is 22.9. The maximum Gasteiger partial charge on any atom is 0.0552 e. The van der Waals surface area contributed by atoms with Crippen LogP contribution >= 0.6 is 11.8 Å². The molecular weight excluding hydrogens is 504 g/mol. The molecule has 0 saturated heterocycles. The van der Waals surface area contributed by atoms with Gasteiger partial charge in [0.1, 0.15) is 0 Å². The fourth-order valence-electron chi connectivity index (χ4n) is 6.20. The van der Waals surface area contributed by atoms with Gasteiger partial charge < -0.3 is 9.55 Å². The van der Waals surface area contributed by atoms with Gasteiger partial charge in [-0.05, 0) is 65.4 Å². The van der Waals surface area contributed by atoms with Crippen LogP contribution in [0.15, 0.2) is 138 Å². The third-order valence-corrected chi connectivity index (χ3v) is 8.82. The predicted molar refractivity (Wildman–Crippen MR) is 173 cm³/mol. The van der Waals surface area contributed by atoms with Gasteiger partial charge >= 0.3 is 0 Å². The van der Waals surface area contributed by atoms with Crippen LogP contribution in [0.3, 0.4) is 0 Å². The summed E-state index contributed by atoms with van der Waals surface area (Å²) >= 11 is 1.81. The predicted octanol–water partition coefficient (Wildman–Crippen LogP) is 10.5. The molecule has 1 N–H and O–H groups in total. The first-order valence-corrected chi connectivity index (χ1v) is 14.8. The van der Waals surface area contributed by atoms with Crippen molar-refractivity contribution in [1.82, 2.24) is 9.55 Å². The molecule has 0 atom stereocenters. The van der Waals surface area contributed by atoms with Gasteiger partial charge in [-0.2, -0.15) is 0 Å². The minimum atomic E-state index is 1.17. The maximum atomic E-state index is 3.57. The average molecular weight is 531 g/mol. The number of nitrogens with zero attached hydrogens (tertiary/aromatic N) is 1. The number of hydrogen-bond donors (Lipinski definition) is 1. The number of rotatable bonds is 4. The molecule has 0 fully saturated rings. The van der Waals surface area contributed by atoms with E-state index in [1.165, 1.54) is 76.4 Å². The third-order valence-electron chi connectivity index (χ3n) is 8.04. The van der Waals surface area contributed by atoms with E-state index in [2.05, 4.69) is 149 Å². The van der Waals surface area contributed by atoms with E-state index in [1.807, 2.05) is 11.8 Å². The Balaban J connectivity index is 1.41. The second kappa shape index (κ2) is 9.18. The fraction of sp³-hybridized carbons (Fsp3) is 0.0270. The molecule has 2 nitrogen and oxygen atoms in total. The lowest BCUT2D eigenvalue weighted by molar-refractivity contribution is 1.18. The number of thioether (sulfide) groups is 1. The molecule has 0 spiro atoms. The summed E-state index contributed by atoms with van der Waals surface area (Å²) in [6.07, 6.45) is 2.18. The number of fused-ring (bicyclic) bond motifs is 6. The van der Waals surface area contributed by atoms with Crippen molar-refractivity contribution in [2.24, 2.45) is 0 Å². The van der Waals surface area contributed by atoms with Crippen molar-refractivity contribution in [2.45, 2.75) is 4.90 Å². The van der Waals surface area contributed by atoms with Gasteiger partial charge in [-0.3, -0.25) is 0 Å². The summed E-state index contributed by atoms with van der Waals surface area (Å²) in [7, 11) is 0. The summed E-state index contributed by atoms with van der Waals surface area (Å²) in [5.74, 6) is 0. The van der Waals surface area contributed by atoms with Gasteiger partial charge in [0.15, 0.2) is 0 Å². The molecule has 0 aliphatic rings. The molecular formula is C37H26N2S. The number of H-pyrrole nitrogens is 1. The molecule has 190 valence electrons. The van der Waals surface area contributed by atoms with E-state index in [4.69, 9.17) is 0 Å². The summed E-state index contributed by atoms with van der Waals surface area (Å²) in [6.45, 7) is 0. The number of aromatic amines is 1. The molecule has 2 aromatic heterocycles. The number of hydrogen-bond acceptors (Lipinski definition) is 1. The van der Waals surface area contributed by atoms with Crippen LogP contribution in [0.2, 0.25) is 0 Å². The van der Waals surface area contributed by atoms with Crippen molar-refractivity contribution in [1.29, 1.82) is 0 Å². The molecule has 0 radical (unpaired) electrons. The highest BCUT2D eigenvalue weighted by molar-refractivity contribution is 7.98. The molecule has 0 aliphatic heterocycles. The molecule has 8 aromatic rings. The number of benzene rings is 6. The molecule has 0 unspecified atom stereocenters. The van der Waals surface area contributed by atoms with Crippen LogP contribution in [0, 0.1) is 0 Å². The number of para-hydroxylation sites is 3. The Morgan fingerprint density at radius 2 is 1.23 bits per heavy atom. The Bertz CT molecular complexity index is 2200. The summed E-state index contributed by atoms with van der Waals surface area (Å²) < 4.78 is 2.44. The number of nitrogens with one attached hydrogen (secondary N) is 1. The van der Waals surface area contributed by atoms with Crippen LogP contribution in [-0.2, 0) is 0 Å². The molecule has 3 heteroatoms. The molecule has 40 heavy (non-hydrogen) atoms.